The minimum atomic E-state index is -0.773. The maximum Gasteiger partial charge on any atom is 0.177 e. The van der Waals surface area contributed by atoms with Crippen LogP contribution in [0.3, 0.4) is 0 Å². The summed E-state index contributed by atoms with van der Waals surface area (Å²) in [5.74, 6) is 0. The Hall–Kier alpha value is -3.40. The van der Waals surface area contributed by atoms with Crippen molar-refractivity contribution in [3.05, 3.63) is 126 Å². The number of benzene rings is 3. The molecule has 1 aromatic heterocycles. The predicted octanol–water partition coefficient (Wildman–Crippen LogP) is 4.03. The van der Waals surface area contributed by atoms with Crippen LogP contribution >= 0.6 is 0 Å². The van der Waals surface area contributed by atoms with Crippen LogP contribution in [0.25, 0.3) is 0 Å². The van der Waals surface area contributed by atoms with E-state index in [9.17, 15) is 4.79 Å². The highest BCUT2D eigenvalue weighted by Crippen LogP contribution is 2.41. The SMILES string of the molecule is [B]C(=O)c1cncn1C(c1ccccc1)(c1ccccc1)c1ccccc1. The van der Waals surface area contributed by atoms with Crippen LogP contribution in [0.2, 0.25) is 0 Å². The number of hydrogen-bond acceptors (Lipinski definition) is 2. The maximum atomic E-state index is 12.2. The van der Waals surface area contributed by atoms with Gasteiger partial charge in [0.15, 0.2) is 7.85 Å². The molecule has 4 rings (SSSR count). The second kappa shape index (κ2) is 7.08. The van der Waals surface area contributed by atoms with Gasteiger partial charge in [-0.2, -0.15) is 0 Å². The Labute approximate surface area is 159 Å². The quantitative estimate of drug-likeness (QED) is 0.403. The van der Waals surface area contributed by atoms with Crippen molar-refractivity contribution in [2.45, 2.75) is 5.54 Å². The predicted molar refractivity (Wildman–Crippen MR) is 107 cm³/mol. The van der Waals surface area contributed by atoms with Gasteiger partial charge < -0.3 is 9.36 Å². The summed E-state index contributed by atoms with van der Waals surface area (Å²) >= 11 is 0. The van der Waals surface area contributed by atoms with E-state index in [1.807, 2.05) is 59.2 Å². The van der Waals surface area contributed by atoms with E-state index < -0.39 is 11.2 Å². The zero-order chi connectivity index (χ0) is 18.7. The van der Waals surface area contributed by atoms with Crippen molar-refractivity contribution >= 4 is 13.5 Å². The van der Waals surface area contributed by atoms with Gasteiger partial charge in [-0.1, -0.05) is 91.0 Å². The third-order valence-corrected chi connectivity index (χ3v) is 4.83. The van der Waals surface area contributed by atoms with Crippen molar-refractivity contribution in [2.24, 2.45) is 0 Å². The summed E-state index contributed by atoms with van der Waals surface area (Å²) < 4.78 is 1.87. The zero-order valence-electron chi connectivity index (χ0n) is 14.7. The van der Waals surface area contributed by atoms with Gasteiger partial charge in [-0.05, 0) is 16.7 Å². The molecule has 0 bridgehead atoms. The van der Waals surface area contributed by atoms with Gasteiger partial charge in [0, 0.05) is 0 Å². The number of imidazole rings is 1. The molecule has 0 aliphatic heterocycles. The second-order valence-corrected chi connectivity index (χ2v) is 6.32. The molecule has 27 heavy (non-hydrogen) atoms. The van der Waals surface area contributed by atoms with Gasteiger partial charge in [0.1, 0.15) is 11.2 Å². The van der Waals surface area contributed by atoms with E-state index in [4.69, 9.17) is 7.85 Å². The van der Waals surface area contributed by atoms with Crippen molar-refractivity contribution in [1.82, 2.24) is 9.55 Å². The molecule has 0 fully saturated rings. The first-order valence-corrected chi connectivity index (χ1v) is 8.74. The standard InChI is InChI=1S/C23H17BN2O/c24-22(27)21-16-25-17-26(21)23(18-10-4-1-5-11-18,19-12-6-2-7-13-19)20-14-8-3-9-15-20/h1-17H. The lowest BCUT2D eigenvalue weighted by Crippen LogP contribution is -2.39. The van der Waals surface area contributed by atoms with E-state index in [0.29, 0.717) is 5.69 Å². The van der Waals surface area contributed by atoms with Crippen LogP contribution in [0, 0.1) is 0 Å². The minimum Gasteiger partial charge on any atom is -0.310 e. The minimum absolute atomic E-state index is 0.353. The summed E-state index contributed by atoms with van der Waals surface area (Å²) in [4.78, 5) is 16.4. The van der Waals surface area contributed by atoms with Crippen molar-refractivity contribution in [1.29, 1.82) is 0 Å². The molecule has 0 unspecified atom stereocenters. The summed E-state index contributed by atoms with van der Waals surface area (Å²) in [6.07, 6.45) is 3.19. The molecular formula is C23H17BN2O. The molecule has 0 aliphatic rings. The molecule has 4 heteroatoms. The highest BCUT2D eigenvalue weighted by molar-refractivity contribution is 6.62. The number of rotatable bonds is 5. The van der Waals surface area contributed by atoms with E-state index in [-0.39, 0.29) is 0 Å². The first-order valence-electron chi connectivity index (χ1n) is 8.74. The third kappa shape index (κ3) is 2.79. The summed E-state index contributed by atoms with van der Waals surface area (Å²) in [7, 11) is 5.69. The lowest BCUT2D eigenvalue weighted by atomic mass is 9.76. The van der Waals surface area contributed by atoms with E-state index in [0.717, 1.165) is 16.7 Å². The van der Waals surface area contributed by atoms with Gasteiger partial charge in [-0.25, -0.2) is 4.98 Å². The van der Waals surface area contributed by atoms with Crippen molar-refractivity contribution in [3.63, 3.8) is 0 Å². The molecule has 4 aromatic rings. The van der Waals surface area contributed by atoms with Crippen molar-refractivity contribution in [2.75, 3.05) is 0 Å². The summed E-state index contributed by atoms with van der Waals surface area (Å²) in [5.41, 5.74) is 2.12. The lowest BCUT2D eigenvalue weighted by Gasteiger charge is -2.38. The second-order valence-electron chi connectivity index (χ2n) is 6.32. The van der Waals surface area contributed by atoms with Crippen LogP contribution < -0.4 is 0 Å². The Kier molecular flexibility index (Phi) is 4.47. The molecule has 0 spiro atoms. The van der Waals surface area contributed by atoms with E-state index in [1.54, 1.807) is 6.33 Å². The highest BCUT2D eigenvalue weighted by Gasteiger charge is 2.39. The first-order chi connectivity index (χ1) is 13.2. The van der Waals surface area contributed by atoms with Crippen molar-refractivity contribution in [3.8, 4) is 0 Å². The Morgan fingerprint density at radius 3 is 1.52 bits per heavy atom. The van der Waals surface area contributed by atoms with Gasteiger partial charge >= 0.3 is 0 Å². The largest absolute Gasteiger partial charge is 0.310 e. The number of aromatic nitrogens is 2. The van der Waals surface area contributed by atoms with Crippen LogP contribution in [0.5, 0.6) is 0 Å². The summed E-state index contributed by atoms with van der Waals surface area (Å²) in [5, 5.41) is 0. The fourth-order valence-corrected chi connectivity index (χ4v) is 3.70. The van der Waals surface area contributed by atoms with Crippen LogP contribution in [-0.2, 0) is 5.54 Å². The van der Waals surface area contributed by atoms with Gasteiger partial charge in [-0.15, -0.1) is 0 Å². The van der Waals surface area contributed by atoms with Crippen molar-refractivity contribution < 1.29 is 4.79 Å². The fourth-order valence-electron chi connectivity index (χ4n) is 3.70. The normalized spacial score (nSPS) is 11.3. The molecule has 0 saturated heterocycles. The van der Waals surface area contributed by atoms with Crippen LogP contribution in [0.4, 0.5) is 0 Å². The molecule has 3 nitrogen and oxygen atoms in total. The molecule has 0 atom stereocenters. The Morgan fingerprint density at radius 2 is 1.15 bits per heavy atom. The summed E-state index contributed by atoms with van der Waals surface area (Å²) in [6.45, 7) is 0. The highest BCUT2D eigenvalue weighted by atomic mass is 16.1. The van der Waals surface area contributed by atoms with Gasteiger partial charge in [0.25, 0.3) is 0 Å². The topological polar surface area (TPSA) is 34.9 Å². The Bertz CT molecular complexity index is 947. The molecule has 128 valence electrons. The first kappa shape index (κ1) is 17.0. The van der Waals surface area contributed by atoms with E-state index in [2.05, 4.69) is 41.4 Å². The number of carbonyl (C=O) groups is 1. The van der Waals surface area contributed by atoms with Gasteiger partial charge in [-0.3, -0.25) is 0 Å². The molecule has 0 aliphatic carbocycles. The fraction of sp³-hybridized carbons (Fsp3) is 0.0435. The Balaban J connectivity index is 2.17. The molecule has 0 N–H and O–H groups in total. The lowest BCUT2D eigenvalue weighted by molar-refractivity contribution is 0.107. The molecular weight excluding hydrogens is 331 g/mol. The number of carbonyl (C=O) groups excluding carboxylic acids is 1. The zero-order valence-corrected chi connectivity index (χ0v) is 14.7. The molecule has 3 aromatic carbocycles. The van der Waals surface area contributed by atoms with E-state index >= 15 is 0 Å². The average Bonchev–Trinajstić information content (AvgIpc) is 3.22. The molecule has 0 saturated carbocycles. The number of hydrogen-bond donors (Lipinski definition) is 0. The van der Waals surface area contributed by atoms with Crippen LogP contribution in [0.15, 0.2) is 104 Å². The average molecular weight is 348 g/mol. The molecule has 0 amide bonds. The third-order valence-electron chi connectivity index (χ3n) is 4.83. The van der Waals surface area contributed by atoms with Gasteiger partial charge in [0.05, 0.1) is 18.2 Å². The van der Waals surface area contributed by atoms with Crippen LogP contribution in [-0.4, -0.2) is 23.1 Å². The monoisotopic (exact) mass is 348 g/mol. The summed E-state index contributed by atoms with van der Waals surface area (Å²) in [6, 6.07) is 30.3. The number of nitrogens with zero attached hydrogens (tertiary/aromatic N) is 2. The Morgan fingerprint density at radius 1 is 0.741 bits per heavy atom. The molecule has 1 heterocycles. The van der Waals surface area contributed by atoms with E-state index in [1.165, 1.54) is 6.20 Å². The van der Waals surface area contributed by atoms with Crippen LogP contribution in [0.1, 0.15) is 27.2 Å². The van der Waals surface area contributed by atoms with Gasteiger partial charge in [0.2, 0.25) is 0 Å². The molecule has 2 radical (unpaired) electrons. The smallest absolute Gasteiger partial charge is 0.177 e. The maximum absolute atomic E-state index is 12.2.